The number of aliphatic hydroxyl groups excluding tert-OH is 1. The summed E-state index contributed by atoms with van der Waals surface area (Å²) in [6, 6.07) is 5.86. The molecule has 0 heterocycles. The summed E-state index contributed by atoms with van der Waals surface area (Å²) >= 11 is 0. The van der Waals surface area contributed by atoms with Crippen LogP contribution in [0.5, 0.6) is 11.5 Å². The van der Waals surface area contributed by atoms with Crippen molar-refractivity contribution in [3.05, 3.63) is 23.8 Å². The molecule has 0 saturated heterocycles. The summed E-state index contributed by atoms with van der Waals surface area (Å²) in [6.07, 6.45) is 4.97. The predicted molar refractivity (Wildman–Crippen MR) is 71.3 cm³/mol. The minimum Gasteiger partial charge on any atom is -0.497 e. The van der Waals surface area contributed by atoms with Crippen molar-refractivity contribution in [2.45, 2.75) is 31.6 Å². The number of methoxy groups -OCH3 is 2. The SMILES string of the molecule is COc1ccc(C(CO)C2CCCC2)c(OC)c1. The normalized spacial score (nSPS) is 17.7. The Morgan fingerprint density at radius 2 is 1.94 bits per heavy atom. The molecule has 1 aliphatic rings. The van der Waals surface area contributed by atoms with Gasteiger partial charge in [-0.25, -0.2) is 0 Å². The maximum Gasteiger partial charge on any atom is 0.126 e. The van der Waals surface area contributed by atoms with Gasteiger partial charge in [-0.3, -0.25) is 0 Å². The molecule has 1 atom stereocenters. The van der Waals surface area contributed by atoms with E-state index >= 15 is 0 Å². The van der Waals surface area contributed by atoms with E-state index in [1.807, 2.05) is 18.2 Å². The summed E-state index contributed by atoms with van der Waals surface area (Å²) in [5, 5.41) is 9.70. The lowest BCUT2D eigenvalue weighted by Crippen LogP contribution is -2.15. The fraction of sp³-hybridized carbons (Fsp3) is 0.600. The first kappa shape index (κ1) is 13.2. The van der Waals surface area contributed by atoms with Crippen LogP contribution in [0.1, 0.15) is 37.2 Å². The van der Waals surface area contributed by atoms with Gasteiger partial charge in [0.25, 0.3) is 0 Å². The maximum atomic E-state index is 9.70. The second-order valence-electron chi connectivity index (χ2n) is 4.94. The summed E-state index contributed by atoms with van der Waals surface area (Å²) in [5.74, 6) is 2.38. The Labute approximate surface area is 109 Å². The third-order valence-corrected chi connectivity index (χ3v) is 4.01. The van der Waals surface area contributed by atoms with Crippen LogP contribution in [0, 0.1) is 5.92 Å². The number of hydrogen-bond donors (Lipinski definition) is 1. The molecule has 1 aliphatic carbocycles. The van der Waals surface area contributed by atoms with Crippen molar-refractivity contribution in [2.24, 2.45) is 5.92 Å². The second-order valence-corrected chi connectivity index (χ2v) is 4.94. The van der Waals surface area contributed by atoms with Gasteiger partial charge in [0, 0.05) is 17.5 Å². The van der Waals surface area contributed by atoms with Crippen molar-refractivity contribution in [2.75, 3.05) is 20.8 Å². The van der Waals surface area contributed by atoms with Crippen molar-refractivity contribution in [3.63, 3.8) is 0 Å². The zero-order valence-electron chi connectivity index (χ0n) is 11.2. The van der Waals surface area contributed by atoms with Gasteiger partial charge in [0.1, 0.15) is 11.5 Å². The zero-order chi connectivity index (χ0) is 13.0. The lowest BCUT2D eigenvalue weighted by Gasteiger charge is -2.23. The number of rotatable bonds is 5. The molecule has 1 saturated carbocycles. The van der Waals surface area contributed by atoms with Crippen LogP contribution in [0.25, 0.3) is 0 Å². The molecule has 3 nitrogen and oxygen atoms in total. The van der Waals surface area contributed by atoms with E-state index in [2.05, 4.69) is 0 Å². The van der Waals surface area contributed by atoms with Gasteiger partial charge in [0.15, 0.2) is 0 Å². The van der Waals surface area contributed by atoms with Gasteiger partial charge >= 0.3 is 0 Å². The lowest BCUT2D eigenvalue weighted by atomic mass is 9.85. The van der Waals surface area contributed by atoms with Crippen LogP contribution in [0.4, 0.5) is 0 Å². The van der Waals surface area contributed by atoms with Crippen LogP contribution in [0.15, 0.2) is 18.2 Å². The van der Waals surface area contributed by atoms with Crippen LogP contribution in [0.3, 0.4) is 0 Å². The molecule has 0 bridgehead atoms. The van der Waals surface area contributed by atoms with E-state index in [1.165, 1.54) is 25.7 Å². The van der Waals surface area contributed by atoms with E-state index in [-0.39, 0.29) is 12.5 Å². The van der Waals surface area contributed by atoms with Crippen molar-refractivity contribution >= 4 is 0 Å². The molecule has 1 fully saturated rings. The van der Waals surface area contributed by atoms with E-state index in [9.17, 15) is 5.11 Å². The van der Waals surface area contributed by atoms with Crippen LogP contribution in [-0.2, 0) is 0 Å². The van der Waals surface area contributed by atoms with Gasteiger partial charge in [0.05, 0.1) is 20.8 Å². The Morgan fingerprint density at radius 3 is 2.50 bits per heavy atom. The smallest absolute Gasteiger partial charge is 0.126 e. The minimum atomic E-state index is 0.188. The van der Waals surface area contributed by atoms with Gasteiger partial charge in [-0.05, 0) is 24.8 Å². The molecular weight excluding hydrogens is 228 g/mol. The minimum absolute atomic E-state index is 0.188. The fourth-order valence-corrected chi connectivity index (χ4v) is 2.99. The van der Waals surface area contributed by atoms with Gasteiger partial charge in [0.2, 0.25) is 0 Å². The van der Waals surface area contributed by atoms with E-state index in [0.29, 0.717) is 5.92 Å². The molecule has 0 amide bonds. The van der Waals surface area contributed by atoms with Crippen LogP contribution in [0.2, 0.25) is 0 Å². The molecule has 0 radical (unpaired) electrons. The molecule has 0 aromatic heterocycles. The third-order valence-electron chi connectivity index (χ3n) is 4.01. The highest BCUT2D eigenvalue weighted by atomic mass is 16.5. The maximum absolute atomic E-state index is 9.70. The van der Waals surface area contributed by atoms with Crippen LogP contribution < -0.4 is 9.47 Å². The molecule has 18 heavy (non-hydrogen) atoms. The van der Waals surface area contributed by atoms with Crippen molar-refractivity contribution in [3.8, 4) is 11.5 Å². The van der Waals surface area contributed by atoms with Crippen molar-refractivity contribution in [1.29, 1.82) is 0 Å². The highest BCUT2D eigenvalue weighted by Crippen LogP contribution is 2.41. The van der Waals surface area contributed by atoms with Crippen molar-refractivity contribution < 1.29 is 14.6 Å². The number of ether oxygens (including phenoxy) is 2. The summed E-state index contributed by atoms with van der Waals surface area (Å²) in [4.78, 5) is 0. The van der Waals surface area contributed by atoms with Crippen LogP contribution >= 0.6 is 0 Å². The molecule has 1 N–H and O–H groups in total. The molecular formula is C15H22O3. The van der Waals surface area contributed by atoms with Crippen molar-refractivity contribution in [1.82, 2.24) is 0 Å². The Balaban J connectivity index is 2.28. The first-order valence-corrected chi connectivity index (χ1v) is 6.63. The second kappa shape index (κ2) is 6.10. The Kier molecular flexibility index (Phi) is 4.48. The zero-order valence-corrected chi connectivity index (χ0v) is 11.2. The van der Waals surface area contributed by atoms with Crippen LogP contribution in [-0.4, -0.2) is 25.9 Å². The summed E-state index contributed by atoms with van der Waals surface area (Å²) < 4.78 is 10.6. The molecule has 0 aliphatic heterocycles. The average Bonchev–Trinajstić information content (AvgIpc) is 2.94. The van der Waals surface area contributed by atoms with E-state index in [1.54, 1.807) is 14.2 Å². The van der Waals surface area contributed by atoms with E-state index < -0.39 is 0 Å². The van der Waals surface area contributed by atoms with E-state index in [4.69, 9.17) is 9.47 Å². The number of aliphatic hydroxyl groups is 1. The van der Waals surface area contributed by atoms with Gasteiger partial charge in [-0.15, -0.1) is 0 Å². The average molecular weight is 250 g/mol. The molecule has 0 spiro atoms. The lowest BCUT2D eigenvalue weighted by molar-refractivity contribution is 0.222. The number of hydrogen-bond acceptors (Lipinski definition) is 3. The van der Waals surface area contributed by atoms with Gasteiger partial charge in [-0.1, -0.05) is 18.9 Å². The fourth-order valence-electron chi connectivity index (χ4n) is 2.99. The molecule has 1 aromatic rings. The highest BCUT2D eigenvalue weighted by molar-refractivity contribution is 5.43. The highest BCUT2D eigenvalue weighted by Gasteiger charge is 2.28. The molecule has 1 unspecified atom stereocenters. The molecule has 100 valence electrons. The largest absolute Gasteiger partial charge is 0.497 e. The Bertz CT molecular complexity index is 383. The first-order valence-electron chi connectivity index (χ1n) is 6.63. The first-order chi connectivity index (χ1) is 8.80. The topological polar surface area (TPSA) is 38.7 Å². The van der Waals surface area contributed by atoms with Gasteiger partial charge in [-0.2, -0.15) is 0 Å². The number of benzene rings is 1. The molecule has 1 aromatic carbocycles. The Morgan fingerprint density at radius 1 is 1.22 bits per heavy atom. The quantitative estimate of drug-likeness (QED) is 0.873. The summed E-state index contributed by atoms with van der Waals surface area (Å²) in [5.41, 5.74) is 1.10. The third kappa shape index (κ3) is 2.61. The Hall–Kier alpha value is -1.22. The monoisotopic (exact) mass is 250 g/mol. The molecule has 3 heteroatoms. The predicted octanol–water partition coefficient (Wildman–Crippen LogP) is 2.97. The summed E-state index contributed by atoms with van der Waals surface area (Å²) in [6.45, 7) is 0.188. The van der Waals surface area contributed by atoms with Gasteiger partial charge < -0.3 is 14.6 Å². The summed E-state index contributed by atoms with van der Waals surface area (Å²) in [7, 11) is 3.32. The molecule has 2 rings (SSSR count). The standard InChI is InChI=1S/C15H22O3/c1-17-12-7-8-13(15(9-12)18-2)14(10-16)11-5-3-4-6-11/h7-9,11,14,16H,3-6,10H2,1-2H3. The van der Waals surface area contributed by atoms with E-state index in [0.717, 1.165) is 17.1 Å².